The molecular formula is C15H18N2O2. The normalized spacial score (nSPS) is 33.5. The molecule has 4 heteroatoms. The van der Waals surface area contributed by atoms with Crippen LogP contribution in [0.4, 0.5) is 4.79 Å². The van der Waals surface area contributed by atoms with Gasteiger partial charge in [-0.1, -0.05) is 24.3 Å². The second-order valence-electron chi connectivity index (χ2n) is 5.82. The first-order valence-corrected chi connectivity index (χ1v) is 7.08. The minimum absolute atomic E-state index is 0.0410. The second kappa shape index (κ2) is 3.97. The molecular weight excluding hydrogens is 240 g/mol. The number of hydrogen-bond donors (Lipinski definition) is 2. The molecule has 0 bridgehead atoms. The van der Waals surface area contributed by atoms with Crippen LogP contribution in [0.1, 0.15) is 30.0 Å². The van der Waals surface area contributed by atoms with Crippen LogP contribution in [0, 0.1) is 5.92 Å². The Bertz CT molecular complexity index is 525. The standard InChI is InChI=1S/C15H18N2O2/c18-14-17-13-12-4-2-1-3-10(12)9-15(13,19-14)11-5-7-16-8-6-11/h1-4,11,13,16H,5-9H2,(H,17,18). The van der Waals surface area contributed by atoms with Gasteiger partial charge in [-0.25, -0.2) is 4.79 Å². The van der Waals surface area contributed by atoms with Gasteiger partial charge in [0, 0.05) is 12.3 Å². The Morgan fingerprint density at radius 3 is 2.84 bits per heavy atom. The molecule has 1 aromatic rings. The van der Waals surface area contributed by atoms with E-state index in [0.29, 0.717) is 5.92 Å². The Morgan fingerprint density at radius 1 is 1.21 bits per heavy atom. The number of benzene rings is 1. The van der Waals surface area contributed by atoms with Crippen LogP contribution in [0.2, 0.25) is 0 Å². The number of rotatable bonds is 1. The molecule has 2 N–H and O–H groups in total. The number of ether oxygens (including phenoxy) is 1. The third-order valence-corrected chi connectivity index (χ3v) is 4.90. The molecule has 0 spiro atoms. The van der Waals surface area contributed by atoms with Gasteiger partial charge in [-0.15, -0.1) is 0 Å². The molecule has 3 aliphatic rings. The zero-order valence-electron chi connectivity index (χ0n) is 10.8. The smallest absolute Gasteiger partial charge is 0.408 e. The van der Waals surface area contributed by atoms with E-state index in [2.05, 4.69) is 28.8 Å². The Kier molecular flexibility index (Phi) is 2.36. The van der Waals surface area contributed by atoms with E-state index in [1.165, 1.54) is 11.1 Å². The van der Waals surface area contributed by atoms with Gasteiger partial charge in [0.05, 0.1) is 6.04 Å². The molecule has 0 saturated carbocycles. The monoisotopic (exact) mass is 258 g/mol. The molecule has 0 aromatic heterocycles. The van der Waals surface area contributed by atoms with Gasteiger partial charge >= 0.3 is 6.09 Å². The van der Waals surface area contributed by atoms with Crippen LogP contribution in [-0.4, -0.2) is 24.8 Å². The Hall–Kier alpha value is -1.55. The number of alkyl carbamates (subject to hydrolysis) is 1. The average Bonchev–Trinajstić information content (AvgIpc) is 2.92. The zero-order chi connectivity index (χ0) is 12.9. The number of nitrogens with one attached hydrogen (secondary N) is 2. The van der Waals surface area contributed by atoms with Crippen molar-refractivity contribution < 1.29 is 9.53 Å². The maximum Gasteiger partial charge on any atom is 0.408 e. The Morgan fingerprint density at radius 2 is 2.00 bits per heavy atom. The summed E-state index contributed by atoms with van der Waals surface area (Å²) < 4.78 is 5.82. The summed E-state index contributed by atoms with van der Waals surface area (Å²) >= 11 is 0. The Balaban J connectivity index is 1.76. The van der Waals surface area contributed by atoms with Gasteiger partial charge < -0.3 is 15.4 Å². The molecule has 1 amide bonds. The van der Waals surface area contributed by atoms with Crippen LogP contribution in [0.15, 0.2) is 24.3 Å². The summed E-state index contributed by atoms with van der Waals surface area (Å²) in [5.41, 5.74) is 2.22. The fraction of sp³-hybridized carbons (Fsp3) is 0.533. The highest BCUT2D eigenvalue weighted by atomic mass is 16.6. The highest BCUT2D eigenvalue weighted by Crippen LogP contribution is 2.51. The van der Waals surface area contributed by atoms with Crippen LogP contribution in [0.5, 0.6) is 0 Å². The lowest BCUT2D eigenvalue weighted by atomic mass is 9.77. The van der Waals surface area contributed by atoms with Gasteiger partial charge in [0.1, 0.15) is 5.60 Å². The molecule has 100 valence electrons. The van der Waals surface area contributed by atoms with Crippen molar-refractivity contribution >= 4 is 6.09 Å². The number of carbonyl (C=O) groups is 1. The summed E-state index contributed by atoms with van der Waals surface area (Å²) in [4.78, 5) is 11.8. The number of carbonyl (C=O) groups excluding carboxylic acids is 1. The topological polar surface area (TPSA) is 50.4 Å². The third kappa shape index (κ3) is 1.53. The molecule has 1 aliphatic carbocycles. The number of amides is 1. The fourth-order valence-electron chi connectivity index (χ4n) is 4.03. The Labute approximate surface area is 112 Å². The lowest BCUT2D eigenvalue weighted by Crippen LogP contribution is -2.46. The first kappa shape index (κ1) is 11.3. The van der Waals surface area contributed by atoms with Crippen molar-refractivity contribution in [1.29, 1.82) is 0 Å². The zero-order valence-corrected chi connectivity index (χ0v) is 10.8. The molecule has 2 saturated heterocycles. The second-order valence-corrected chi connectivity index (χ2v) is 5.82. The van der Waals surface area contributed by atoms with E-state index in [0.717, 1.165) is 32.4 Å². The summed E-state index contributed by atoms with van der Waals surface area (Å²) in [6, 6.07) is 8.43. The SMILES string of the molecule is O=C1NC2c3ccccc3CC2(C2CCNCC2)O1. The van der Waals surface area contributed by atoms with Crippen LogP contribution >= 0.6 is 0 Å². The van der Waals surface area contributed by atoms with Crippen LogP contribution < -0.4 is 10.6 Å². The van der Waals surface area contributed by atoms with E-state index >= 15 is 0 Å². The van der Waals surface area contributed by atoms with E-state index in [9.17, 15) is 4.79 Å². The largest absolute Gasteiger partial charge is 0.440 e. The predicted molar refractivity (Wildman–Crippen MR) is 70.8 cm³/mol. The quantitative estimate of drug-likeness (QED) is 0.807. The highest BCUT2D eigenvalue weighted by Gasteiger charge is 2.58. The molecule has 2 fully saturated rings. The predicted octanol–water partition coefficient (Wildman–Crippen LogP) is 1.76. The molecule has 2 heterocycles. The molecule has 2 aliphatic heterocycles. The van der Waals surface area contributed by atoms with Gasteiger partial charge in [0.15, 0.2) is 0 Å². The van der Waals surface area contributed by atoms with Gasteiger partial charge in [-0.3, -0.25) is 0 Å². The third-order valence-electron chi connectivity index (χ3n) is 4.90. The number of fused-ring (bicyclic) bond motifs is 3. The van der Waals surface area contributed by atoms with E-state index in [1.54, 1.807) is 0 Å². The molecule has 4 nitrogen and oxygen atoms in total. The van der Waals surface area contributed by atoms with Crippen molar-refractivity contribution in [3.05, 3.63) is 35.4 Å². The van der Waals surface area contributed by atoms with E-state index < -0.39 is 0 Å². The molecule has 19 heavy (non-hydrogen) atoms. The van der Waals surface area contributed by atoms with E-state index in [-0.39, 0.29) is 17.7 Å². The minimum Gasteiger partial charge on any atom is -0.440 e. The molecule has 2 unspecified atom stereocenters. The van der Waals surface area contributed by atoms with Crippen molar-refractivity contribution in [2.24, 2.45) is 5.92 Å². The van der Waals surface area contributed by atoms with Crippen molar-refractivity contribution in [2.45, 2.75) is 30.9 Å². The molecule has 1 aromatic carbocycles. The van der Waals surface area contributed by atoms with Crippen molar-refractivity contribution in [3.63, 3.8) is 0 Å². The maximum atomic E-state index is 11.8. The average molecular weight is 258 g/mol. The molecule has 4 rings (SSSR count). The molecule has 0 radical (unpaired) electrons. The summed E-state index contributed by atoms with van der Waals surface area (Å²) in [6.07, 6.45) is 2.77. The summed E-state index contributed by atoms with van der Waals surface area (Å²) in [6.45, 7) is 2.04. The summed E-state index contributed by atoms with van der Waals surface area (Å²) in [7, 11) is 0. The van der Waals surface area contributed by atoms with Crippen LogP contribution in [0.3, 0.4) is 0 Å². The fourth-order valence-corrected chi connectivity index (χ4v) is 4.03. The van der Waals surface area contributed by atoms with Crippen molar-refractivity contribution in [3.8, 4) is 0 Å². The number of piperidine rings is 1. The maximum absolute atomic E-state index is 11.8. The van der Waals surface area contributed by atoms with Crippen LogP contribution in [-0.2, 0) is 11.2 Å². The first-order chi connectivity index (χ1) is 9.29. The highest BCUT2D eigenvalue weighted by molar-refractivity contribution is 5.73. The van der Waals surface area contributed by atoms with Crippen molar-refractivity contribution in [2.75, 3.05) is 13.1 Å². The number of hydrogen-bond acceptors (Lipinski definition) is 3. The van der Waals surface area contributed by atoms with Crippen LogP contribution in [0.25, 0.3) is 0 Å². The summed E-state index contributed by atoms with van der Waals surface area (Å²) in [5, 5.41) is 6.41. The lowest BCUT2D eigenvalue weighted by molar-refractivity contribution is -0.0190. The van der Waals surface area contributed by atoms with Gasteiger partial charge in [0.25, 0.3) is 0 Å². The lowest BCUT2D eigenvalue weighted by Gasteiger charge is -2.37. The molecule has 2 atom stereocenters. The van der Waals surface area contributed by atoms with E-state index in [4.69, 9.17) is 4.74 Å². The first-order valence-electron chi connectivity index (χ1n) is 7.08. The van der Waals surface area contributed by atoms with E-state index in [1.807, 2.05) is 6.07 Å². The van der Waals surface area contributed by atoms with Gasteiger partial charge in [0.2, 0.25) is 0 Å². The minimum atomic E-state index is -0.344. The van der Waals surface area contributed by atoms with Crippen molar-refractivity contribution in [1.82, 2.24) is 10.6 Å². The summed E-state index contributed by atoms with van der Waals surface area (Å²) in [5.74, 6) is 0.449. The van der Waals surface area contributed by atoms with Gasteiger partial charge in [-0.2, -0.15) is 0 Å². The van der Waals surface area contributed by atoms with Gasteiger partial charge in [-0.05, 0) is 37.1 Å².